The fourth-order valence-corrected chi connectivity index (χ4v) is 4.40. The number of hydrogen-bond donors (Lipinski definition) is 2. The molecule has 166 valence electrons. The van der Waals surface area contributed by atoms with Crippen molar-refractivity contribution < 1.29 is 14.3 Å². The molecule has 1 heterocycles. The van der Waals surface area contributed by atoms with Crippen LogP contribution in [0.15, 0.2) is 48.5 Å². The number of nitrogens with one attached hydrogen (secondary N) is 2. The number of anilines is 1. The molecule has 2 N–H and O–H groups in total. The summed E-state index contributed by atoms with van der Waals surface area (Å²) in [6.45, 7) is 5.84. The number of benzene rings is 2. The zero-order valence-corrected chi connectivity index (χ0v) is 18.9. The zero-order chi connectivity index (χ0) is 21.9. The molecule has 7 heteroatoms. The van der Waals surface area contributed by atoms with E-state index in [4.69, 9.17) is 4.74 Å². The van der Waals surface area contributed by atoms with Crippen LogP contribution >= 0.6 is 11.8 Å². The summed E-state index contributed by atoms with van der Waals surface area (Å²) < 4.78 is 5.17. The first-order valence-electron chi connectivity index (χ1n) is 10.7. The number of amides is 2. The van der Waals surface area contributed by atoms with Crippen LogP contribution in [-0.2, 0) is 22.7 Å². The Kier molecular flexibility index (Phi) is 9.24. The van der Waals surface area contributed by atoms with E-state index in [1.54, 1.807) is 0 Å². The number of rotatable bonds is 9. The van der Waals surface area contributed by atoms with Crippen molar-refractivity contribution in [3.8, 4) is 0 Å². The topological polar surface area (TPSA) is 70.7 Å². The summed E-state index contributed by atoms with van der Waals surface area (Å²) in [5.74, 6) is 2.32. The van der Waals surface area contributed by atoms with Crippen LogP contribution in [0.2, 0.25) is 0 Å². The van der Waals surface area contributed by atoms with Crippen molar-refractivity contribution in [1.82, 2.24) is 10.2 Å². The summed E-state index contributed by atoms with van der Waals surface area (Å²) in [6, 6.07) is 15.6. The molecule has 0 radical (unpaired) electrons. The molecule has 2 aromatic carbocycles. The van der Waals surface area contributed by atoms with Crippen molar-refractivity contribution in [3.63, 3.8) is 0 Å². The molecule has 1 aliphatic rings. The fourth-order valence-electron chi connectivity index (χ4n) is 3.42. The van der Waals surface area contributed by atoms with E-state index in [9.17, 15) is 9.59 Å². The lowest BCUT2D eigenvalue weighted by molar-refractivity contribution is -0.116. The molecule has 2 amide bonds. The minimum Gasteiger partial charge on any atom is -0.445 e. The van der Waals surface area contributed by atoms with Crippen LogP contribution in [0.3, 0.4) is 0 Å². The van der Waals surface area contributed by atoms with Gasteiger partial charge in [-0.2, -0.15) is 11.8 Å². The Hall–Kier alpha value is -2.51. The fraction of sp³-hybridized carbons (Fsp3) is 0.417. The SMILES string of the molecule is Cc1c(CN2CCSCC2)cccc1NC(=O)CCCNC(=O)OCc1ccccc1. The molecule has 0 saturated carbocycles. The van der Waals surface area contributed by atoms with E-state index in [1.165, 1.54) is 17.1 Å². The molecular formula is C24H31N3O3S. The molecule has 1 aliphatic heterocycles. The van der Waals surface area contributed by atoms with E-state index in [-0.39, 0.29) is 12.5 Å². The largest absolute Gasteiger partial charge is 0.445 e. The third kappa shape index (κ3) is 7.92. The standard InChI is InChI=1S/C24H31N3O3S/c1-19-21(17-27-13-15-31-16-14-27)9-5-10-22(19)26-23(28)11-6-12-25-24(29)30-18-20-7-3-2-4-8-20/h2-5,7-10H,6,11-18H2,1H3,(H,25,29)(H,26,28). The van der Waals surface area contributed by atoms with Crippen LogP contribution in [0.4, 0.5) is 10.5 Å². The molecule has 0 unspecified atom stereocenters. The minimum absolute atomic E-state index is 0.0472. The van der Waals surface area contributed by atoms with Crippen LogP contribution in [0.5, 0.6) is 0 Å². The molecule has 0 spiro atoms. The van der Waals surface area contributed by atoms with Crippen molar-refractivity contribution in [2.75, 3.05) is 36.5 Å². The highest BCUT2D eigenvalue weighted by Gasteiger charge is 2.14. The van der Waals surface area contributed by atoms with Gasteiger partial charge >= 0.3 is 6.09 Å². The monoisotopic (exact) mass is 441 g/mol. The number of alkyl carbamates (subject to hydrolysis) is 1. The third-order valence-corrected chi connectivity index (χ3v) is 6.22. The molecule has 0 aliphatic carbocycles. The summed E-state index contributed by atoms with van der Waals surface area (Å²) in [6.07, 6.45) is 0.423. The first kappa shape index (κ1) is 23.2. The van der Waals surface area contributed by atoms with Crippen LogP contribution in [0.1, 0.15) is 29.5 Å². The smallest absolute Gasteiger partial charge is 0.407 e. The van der Waals surface area contributed by atoms with Crippen LogP contribution in [0, 0.1) is 6.92 Å². The number of carbonyl (C=O) groups is 2. The Labute approximate surface area is 188 Å². The van der Waals surface area contributed by atoms with Gasteiger partial charge in [-0.05, 0) is 36.1 Å². The molecule has 31 heavy (non-hydrogen) atoms. The third-order valence-electron chi connectivity index (χ3n) is 5.28. The number of ether oxygens (including phenoxy) is 1. The number of carbonyl (C=O) groups excluding carboxylic acids is 2. The molecule has 3 rings (SSSR count). The summed E-state index contributed by atoms with van der Waals surface area (Å²) >= 11 is 2.00. The molecule has 1 fully saturated rings. The van der Waals surface area contributed by atoms with Gasteiger partial charge in [-0.25, -0.2) is 4.79 Å². The second-order valence-electron chi connectivity index (χ2n) is 7.62. The quantitative estimate of drug-likeness (QED) is 0.571. The molecule has 0 aromatic heterocycles. The van der Waals surface area contributed by atoms with E-state index in [1.807, 2.05) is 54.2 Å². The molecular weight excluding hydrogens is 410 g/mol. The summed E-state index contributed by atoms with van der Waals surface area (Å²) in [5, 5.41) is 5.71. The number of hydrogen-bond acceptors (Lipinski definition) is 5. The Morgan fingerprint density at radius 3 is 2.61 bits per heavy atom. The van der Waals surface area contributed by atoms with E-state index in [0.717, 1.165) is 36.4 Å². The molecule has 6 nitrogen and oxygen atoms in total. The van der Waals surface area contributed by atoms with E-state index >= 15 is 0 Å². The number of thioether (sulfide) groups is 1. The highest BCUT2D eigenvalue weighted by molar-refractivity contribution is 7.99. The second kappa shape index (κ2) is 12.4. The van der Waals surface area contributed by atoms with Crippen LogP contribution < -0.4 is 10.6 Å². The first-order chi connectivity index (χ1) is 15.1. The van der Waals surface area contributed by atoms with Gasteiger partial charge in [0.1, 0.15) is 6.61 Å². The van der Waals surface area contributed by atoms with Crippen molar-refractivity contribution in [2.24, 2.45) is 0 Å². The highest BCUT2D eigenvalue weighted by Crippen LogP contribution is 2.22. The molecule has 0 atom stereocenters. The molecule has 2 aromatic rings. The van der Waals surface area contributed by atoms with Crippen molar-refractivity contribution in [1.29, 1.82) is 0 Å². The Balaban J connectivity index is 1.36. The second-order valence-corrected chi connectivity index (χ2v) is 8.84. The van der Waals surface area contributed by atoms with Crippen LogP contribution in [0.25, 0.3) is 0 Å². The van der Waals surface area contributed by atoms with E-state index in [2.05, 4.69) is 28.5 Å². The Morgan fingerprint density at radius 1 is 1.06 bits per heavy atom. The maximum atomic E-state index is 12.4. The molecule has 1 saturated heterocycles. The lowest BCUT2D eigenvalue weighted by Gasteiger charge is -2.27. The summed E-state index contributed by atoms with van der Waals surface area (Å²) in [7, 11) is 0. The molecule has 0 bridgehead atoms. The lowest BCUT2D eigenvalue weighted by Crippen LogP contribution is -2.32. The Bertz CT molecular complexity index is 854. The average Bonchev–Trinajstić information content (AvgIpc) is 2.79. The van der Waals surface area contributed by atoms with Gasteiger partial charge in [0.05, 0.1) is 0 Å². The van der Waals surface area contributed by atoms with E-state index < -0.39 is 6.09 Å². The lowest BCUT2D eigenvalue weighted by atomic mass is 10.1. The maximum absolute atomic E-state index is 12.4. The first-order valence-corrected chi connectivity index (χ1v) is 11.9. The zero-order valence-electron chi connectivity index (χ0n) is 18.1. The van der Waals surface area contributed by atoms with E-state index in [0.29, 0.717) is 19.4 Å². The average molecular weight is 442 g/mol. The highest BCUT2D eigenvalue weighted by atomic mass is 32.2. The maximum Gasteiger partial charge on any atom is 0.407 e. The van der Waals surface area contributed by atoms with Gasteiger partial charge in [0.2, 0.25) is 5.91 Å². The van der Waals surface area contributed by atoms with Crippen molar-refractivity contribution in [3.05, 3.63) is 65.2 Å². The normalized spacial score (nSPS) is 14.1. The minimum atomic E-state index is -0.469. The van der Waals surface area contributed by atoms with Gasteiger partial charge in [-0.15, -0.1) is 0 Å². The van der Waals surface area contributed by atoms with Gasteiger partial charge in [0, 0.05) is 49.8 Å². The van der Waals surface area contributed by atoms with Gasteiger partial charge in [0.15, 0.2) is 0 Å². The summed E-state index contributed by atoms with van der Waals surface area (Å²) in [4.78, 5) is 26.6. The van der Waals surface area contributed by atoms with Gasteiger partial charge < -0.3 is 15.4 Å². The van der Waals surface area contributed by atoms with Gasteiger partial charge in [-0.3, -0.25) is 9.69 Å². The van der Waals surface area contributed by atoms with Gasteiger partial charge in [-0.1, -0.05) is 42.5 Å². The van der Waals surface area contributed by atoms with Gasteiger partial charge in [0.25, 0.3) is 0 Å². The van der Waals surface area contributed by atoms with Crippen molar-refractivity contribution in [2.45, 2.75) is 32.9 Å². The summed E-state index contributed by atoms with van der Waals surface area (Å²) in [5.41, 5.74) is 4.18. The Morgan fingerprint density at radius 2 is 1.84 bits per heavy atom. The number of nitrogens with zero attached hydrogens (tertiary/aromatic N) is 1. The predicted molar refractivity (Wildman–Crippen MR) is 126 cm³/mol. The predicted octanol–water partition coefficient (Wildman–Crippen LogP) is 4.19. The van der Waals surface area contributed by atoms with Crippen molar-refractivity contribution >= 4 is 29.4 Å². The van der Waals surface area contributed by atoms with Crippen LogP contribution in [-0.4, -0.2) is 48.0 Å².